The zero-order valence-corrected chi connectivity index (χ0v) is 20.3. The maximum absolute atomic E-state index is 13.0. The average molecular weight is 491 g/mol. The van der Waals surface area contributed by atoms with Gasteiger partial charge in [-0.3, -0.25) is 14.6 Å². The summed E-state index contributed by atoms with van der Waals surface area (Å²) < 4.78 is 11.5. The van der Waals surface area contributed by atoms with Crippen molar-refractivity contribution in [1.82, 2.24) is 20.5 Å². The van der Waals surface area contributed by atoms with E-state index in [9.17, 15) is 9.59 Å². The number of aromatic nitrogens is 3. The summed E-state index contributed by atoms with van der Waals surface area (Å²) in [5.41, 5.74) is 3.49. The number of amides is 1. The molecule has 2 N–H and O–H groups in total. The topological polar surface area (TPSA) is 106 Å². The molecule has 8 nitrogen and oxygen atoms in total. The summed E-state index contributed by atoms with van der Waals surface area (Å²) in [5, 5.41) is 11.5. The van der Waals surface area contributed by atoms with Crippen LogP contribution in [0.15, 0.2) is 59.4 Å². The van der Waals surface area contributed by atoms with Gasteiger partial charge in [0.2, 0.25) is 0 Å². The van der Waals surface area contributed by atoms with Gasteiger partial charge in [0.25, 0.3) is 5.91 Å². The number of fused-ring (bicyclic) bond motifs is 1. The Bertz CT molecular complexity index is 1400. The van der Waals surface area contributed by atoms with Gasteiger partial charge in [-0.2, -0.15) is 5.10 Å². The minimum absolute atomic E-state index is 0.00739. The van der Waals surface area contributed by atoms with Crippen molar-refractivity contribution in [3.63, 3.8) is 0 Å². The SMILES string of the molecule is COC1CC(NC(=O)c2ccc(OCc3cc(C)nc4ccccc34)cc2)C(c2n[nH]c(=O)s2)C1. The van der Waals surface area contributed by atoms with Crippen molar-refractivity contribution in [3.8, 4) is 5.75 Å². The summed E-state index contributed by atoms with van der Waals surface area (Å²) >= 11 is 1.08. The number of aryl methyl sites for hydroxylation is 1. The van der Waals surface area contributed by atoms with Crippen LogP contribution in [0.4, 0.5) is 0 Å². The maximum atomic E-state index is 13.0. The van der Waals surface area contributed by atoms with E-state index in [-0.39, 0.29) is 28.8 Å². The lowest BCUT2D eigenvalue weighted by Crippen LogP contribution is -2.36. The number of carbonyl (C=O) groups excluding carboxylic acids is 1. The molecule has 4 aromatic rings. The van der Waals surface area contributed by atoms with Gasteiger partial charge in [0, 0.05) is 41.3 Å². The van der Waals surface area contributed by atoms with E-state index in [1.54, 1.807) is 31.4 Å². The van der Waals surface area contributed by atoms with Gasteiger partial charge >= 0.3 is 4.87 Å². The number of aromatic amines is 1. The monoisotopic (exact) mass is 490 g/mol. The lowest BCUT2D eigenvalue weighted by atomic mass is 10.0. The van der Waals surface area contributed by atoms with E-state index in [0.29, 0.717) is 35.8 Å². The number of hydrogen-bond donors (Lipinski definition) is 2. The zero-order chi connectivity index (χ0) is 24.4. The number of H-pyrrole nitrogens is 1. The molecule has 1 saturated carbocycles. The van der Waals surface area contributed by atoms with E-state index in [2.05, 4.69) is 20.5 Å². The number of carbonyl (C=O) groups is 1. The Morgan fingerprint density at radius 2 is 1.97 bits per heavy atom. The van der Waals surface area contributed by atoms with Crippen molar-refractivity contribution in [2.75, 3.05) is 7.11 Å². The Balaban J connectivity index is 1.25. The molecule has 2 heterocycles. The molecule has 0 spiro atoms. The molecule has 0 radical (unpaired) electrons. The summed E-state index contributed by atoms with van der Waals surface area (Å²) in [6.07, 6.45) is 1.38. The molecule has 1 aliphatic carbocycles. The Morgan fingerprint density at radius 1 is 1.17 bits per heavy atom. The van der Waals surface area contributed by atoms with E-state index in [4.69, 9.17) is 9.47 Å². The van der Waals surface area contributed by atoms with Gasteiger partial charge < -0.3 is 14.8 Å². The van der Waals surface area contributed by atoms with E-state index < -0.39 is 0 Å². The first-order valence-electron chi connectivity index (χ1n) is 11.5. The molecular weight excluding hydrogens is 464 g/mol. The zero-order valence-electron chi connectivity index (χ0n) is 19.5. The smallest absolute Gasteiger partial charge is 0.322 e. The average Bonchev–Trinajstić information content (AvgIpc) is 3.48. The number of ether oxygens (including phenoxy) is 2. The largest absolute Gasteiger partial charge is 0.489 e. The van der Waals surface area contributed by atoms with Gasteiger partial charge in [0.15, 0.2) is 0 Å². The minimum Gasteiger partial charge on any atom is -0.489 e. The predicted octanol–water partition coefficient (Wildman–Crippen LogP) is 3.96. The Morgan fingerprint density at radius 3 is 2.71 bits per heavy atom. The summed E-state index contributed by atoms with van der Waals surface area (Å²) in [7, 11) is 1.66. The summed E-state index contributed by atoms with van der Waals surface area (Å²) in [4.78, 5) is 28.9. The van der Waals surface area contributed by atoms with E-state index in [0.717, 1.165) is 33.5 Å². The van der Waals surface area contributed by atoms with Crippen molar-refractivity contribution in [2.45, 2.75) is 44.4 Å². The molecule has 2 aromatic heterocycles. The van der Waals surface area contributed by atoms with Gasteiger partial charge in [-0.25, -0.2) is 5.10 Å². The number of rotatable bonds is 7. The van der Waals surface area contributed by atoms with Crippen molar-refractivity contribution < 1.29 is 14.3 Å². The van der Waals surface area contributed by atoms with Gasteiger partial charge in [-0.1, -0.05) is 29.5 Å². The van der Waals surface area contributed by atoms with E-state index >= 15 is 0 Å². The number of methoxy groups -OCH3 is 1. The van der Waals surface area contributed by atoms with Crippen LogP contribution in [0.2, 0.25) is 0 Å². The number of hydrogen-bond acceptors (Lipinski definition) is 7. The fourth-order valence-electron chi connectivity index (χ4n) is 4.65. The van der Waals surface area contributed by atoms with Crippen LogP contribution in [0.5, 0.6) is 5.75 Å². The molecule has 0 aliphatic heterocycles. The third-order valence-corrected chi connectivity index (χ3v) is 7.26. The molecule has 0 saturated heterocycles. The molecule has 1 fully saturated rings. The van der Waals surface area contributed by atoms with Crippen molar-refractivity contribution >= 4 is 28.1 Å². The molecule has 35 heavy (non-hydrogen) atoms. The van der Waals surface area contributed by atoms with Crippen LogP contribution in [0.25, 0.3) is 10.9 Å². The summed E-state index contributed by atoms with van der Waals surface area (Å²) in [6.45, 7) is 2.38. The lowest BCUT2D eigenvalue weighted by Gasteiger charge is -2.18. The molecule has 1 amide bonds. The van der Waals surface area contributed by atoms with Gasteiger partial charge in [-0.05, 0) is 56.2 Å². The number of nitrogens with one attached hydrogen (secondary N) is 2. The van der Waals surface area contributed by atoms with Crippen LogP contribution in [0.3, 0.4) is 0 Å². The summed E-state index contributed by atoms with van der Waals surface area (Å²) in [6, 6.07) is 17.0. The first kappa shape index (κ1) is 23.2. The van der Waals surface area contributed by atoms with Gasteiger partial charge in [0.05, 0.1) is 11.6 Å². The number of pyridine rings is 1. The summed E-state index contributed by atoms with van der Waals surface area (Å²) in [5.74, 6) is 0.440. The second-order valence-corrected chi connectivity index (χ2v) is 9.71. The minimum atomic E-state index is -0.198. The first-order valence-corrected chi connectivity index (χ1v) is 12.3. The number of para-hydroxylation sites is 1. The second-order valence-electron chi connectivity index (χ2n) is 8.72. The molecule has 0 bridgehead atoms. The van der Waals surface area contributed by atoms with Crippen LogP contribution < -0.4 is 14.9 Å². The maximum Gasteiger partial charge on any atom is 0.322 e. The third kappa shape index (κ3) is 5.11. The standard InChI is InChI=1S/C26H26N4O4S/c1-15-11-17(20-5-3-4-6-22(20)27-15)14-34-18-9-7-16(8-10-18)24(31)28-23-13-19(33-2)12-21(23)25-29-30-26(32)35-25/h3-11,19,21,23H,12-14H2,1-2H3,(H,28,31)(H,30,32). The quantitative estimate of drug-likeness (QED) is 0.406. The number of benzene rings is 2. The predicted molar refractivity (Wildman–Crippen MR) is 134 cm³/mol. The van der Waals surface area contributed by atoms with Crippen LogP contribution in [-0.4, -0.2) is 40.3 Å². The molecule has 9 heteroatoms. The fourth-order valence-corrected chi connectivity index (χ4v) is 5.43. The van der Waals surface area contributed by atoms with Crippen LogP contribution >= 0.6 is 11.3 Å². The molecule has 2 aromatic carbocycles. The van der Waals surface area contributed by atoms with Crippen molar-refractivity contribution in [2.24, 2.45) is 0 Å². The molecule has 180 valence electrons. The molecule has 3 unspecified atom stereocenters. The Labute approximate surface area is 206 Å². The van der Waals surface area contributed by atoms with Crippen molar-refractivity contribution in [3.05, 3.63) is 86.1 Å². The second kappa shape index (κ2) is 9.97. The van der Waals surface area contributed by atoms with E-state index in [1.165, 1.54) is 0 Å². The molecule has 5 rings (SSSR count). The Kier molecular flexibility index (Phi) is 6.61. The highest BCUT2D eigenvalue weighted by atomic mass is 32.1. The highest BCUT2D eigenvalue weighted by Gasteiger charge is 2.38. The van der Waals surface area contributed by atoms with Gasteiger partial charge in [-0.15, -0.1) is 0 Å². The first-order chi connectivity index (χ1) is 17.0. The highest BCUT2D eigenvalue weighted by Crippen LogP contribution is 2.36. The molecule has 1 aliphatic rings. The van der Waals surface area contributed by atoms with Crippen molar-refractivity contribution in [1.29, 1.82) is 0 Å². The molecular formula is C26H26N4O4S. The van der Waals surface area contributed by atoms with E-state index in [1.807, 2.05) is 37.3 Å². The highest BCUT2D eigenvalue weighted by molar-refractivity contribution is 7.08. The van der Waals surface area contributed by atoms with Crippen LogP contribution in [0, 0.1) is 6.92 Å². The van der Waals surface area contributed by atoms with Gasteiger partial charge in [0.1, 0.15) is 17.4 Å². The fraction of sp³-hybridized carbons (Fsp3) is 0.308. The number of nitrogens with zero attached hydrogens (tertiary/aromatic N) is 2. The third-order valence-electron chi connectivity index (χ3n) is 6.38. The van der Waals surface area contributed by atoms with Crippen LogP contribution in [0.1, 0.15) is 45.4 Å². The van der Waals surface area contributed by atoms with Crippen LogP contribution in [-0.2, 0) is 11.3 Å². The lowest BCUT2D eigenvalue weighted by molar-refractivity contribution is 0.0914. The molecule has 3 atom stereocenters. The Hall–Kier alpha value is -3.56. The normalized spacial score (nSPS) is 19.7.